The molecule has 5 nitrogen and oxygen atoms in total. The molecule has 1 amide bonds. The number of nitrogens with two attached hydrogens (primary N) is 1. The number of sulfonamides is 1. The van der Waals surface area contributed by atoms with Crippen molar-refractivity contribution in [1.29, 1.82) is 0 Å². The molecule has 2 N–H and O–H groups in total. The third kappa shape index (κ3) is 4.07. The maximum atomic E-state index is 11.6. The zero-order valence-corrected chi connectivity index (χ0v) is 10.3. The quantitative estimate of drug-likeness (QED) is 0.704. The molecule has 0 aromatic rings. The van der Waals surface area contributed by atoms with Gasteiger partial charge in [-0.05, 0) is 24.5 Å². The van der Waals surface area contributed by atoms with Gasteiger partial charge in [0, 0.05) is 6.20 Å². The lowest BCUT2D eigenvalue weighted by atomic mass is 10.1. The molecule has 0 saturated heterocycles. The Morgan fingerprint density at radius 1 is 1.59 bits per heavy atom. The molecule has 0 saturated carbocycles. The molecule has 0 bridgehead atoms. The summed E-state index contributed by atoms with van der Waals surface area (Å²) in [5.74, 6) is -1.51. The van der Waals surface area contributed by atoms with Crippen LogP contribution in [0, 0.1) is 0 Å². The van der Waals surface area contributed by atoms with Crippen molar-refractivity contribution in [2.24, 2.45) is 5.73 Å². The van der Waals surface area contributed by atoms with Gasteiger partial charge in [-0.2, -0.15) is 0 Å². The van der Waals surface area contributed by atoms with Crippen molar-refractivity contribution in [2.45, 2.75) is 12.8 Å². The fraction of sp³-hybridized carbons (Fsp3) is 0.364. The summed E-state index contributed by atoms with van der Waals surface area (Å²) in [5.41, 5.74) is 5.95. The Balaban J connectivity index is 2.64. The number of nitrogens with zero attached hydrogens (tertiary/aromatic N) is 1. The van der Waals surface area contributed by atoms with E-state index in [0.29, 0.717) is 0 Å². The van der Waals surface area contributed by atoms with Crippen molar-refractivity contribution in [3.8, 4) is 0 Å². The molecule has 0 spiro atoms. The first-order valence-corrected chi connectivity index (χ1v) is 6.82. The number of rotatable bonds is 6. The molecule has 0 atom stereocenters. The zero-order valence-electron chi connectivity index (χ0n) is 9.50. The van der Waals surface area contributed by atoms with Gasteiger partial charge in [0.05, 0.1) is 6.54 Å². The number of amides is 1. The van der Waals surface area contributed by atoms with Crippen LogP contribution in [0.25, 0.3) is 0 Å². The van der Waals surface area contributed by atoms with Crippen LogP contribution in [0.5, 0.6) is 0 Å². The molecule has 0 unspecified atom stereocenters. The molecule has 0 fully saturated rings. The highest BCUT2D eigenvalue weighted by atomic mass is 32.2. The summed E-state index contributed by atoms with van der Waals surface area (Å²) < 4.78 is 24.4. The van der Waals surface area contributed by atoms with Gasteiger partial charge in [0.1, 0.15) is 5.75 Å². The van der Waals surface area contributed by atoms with Crippen molar-refractivity contribution < 1.29 is 13.2 Å². The van der Waals surface area contributed by atoms with E-state index in [-0.39, 0.29) is 6.54 Å². The Bertz CT molecular complexity index is 463. The molecular formula is C11H16N2O3S. The maximum Gasteiger partial charge on any atom is 0.244 e. The Morgan fingerprint density at radius 2 is 2.29 bits per heavy atom. The van der Waals surface area contributed by atoms with Crippen molar-refractivity contribution >= 4 is 15.9 Å². The summed E-state index contributed by atoms with van der Waals surface area (Å²) in [5, 5.41) is 0. The molecule has 1 aliphatic rings. The SMILES string of the molecule is C=CCCC1=CCN(S(=O)(=O)CC(N)=O)C=C1. The fourth-order valence-electron chi connectivity index (χ4n) is 1.44. The molecule has 1 aliphatic heterocycles. The Labute approximate surface area is 101 Å². The van der Waals surface area contributed by atoms with E-state index in [2.05, 4.69) is 6.58 Å². The Hall–Kier alpha value is -1.56. The second-order valence-electron chi connectivity index (χ2n) is 3.71. The van der Waals surface area contributed by atoms with Gasteiger partial charge in [-0.25, -0.2) is 8.42 Å². The number of carbonyl (C=O) groups excluding carboxylic acids is 1. The first-order chi connectivity index (χ1) is 7.95. The van der Waals surface area contributed by atoms with Crippen LogP contribution in [0.3, 0.4) is 0 Å². The first kappa shape index (κ1) is 13.5. The van der Waals surface area contributed by atoms with Gasteiger partial charge < -0.3 is 5.73 Å². The van der Waals surface area contributed by atoms with Gasteiger partial charge in [0.15, 0.2) is 0 Å². The lowest BCUT2D eigenvalue weighted by molar-refractivity contribution is -0.115. The molecule has 94 valence electrons. The van der Waals surface area contributed by atoms with Crippen molar-refractivity contribution in [3.05, 3.63) is 36.6 Å². The monoisotopic (exact) mass is 256 g/mol. The lowest BCUT2D eigenvalue weighted by Crippen LogP contribution is -2.35. The van der Waals surface area contributed by atoms with Gasteiger partial charge in [-0.15, -0.1) is 6.58 Å². The summed E-state index contributed by atoms with van der Waals surface area (Å²) in [6, 6.07) is 0. The Morgan fingerprint density at radius 3 is 2.76 bits per heavy atom. The summed E-state index contributed by atoms with van der Waals surface area (Å²) in [6.07, 6.45) is 8.52. The van der Waals surface area contributed by atoms with Gasteiger partial charge >= 0.3 is 0 Å². The third-order valence-electron chi connectivity index (χ3n) is 2.31. The molecule has 1 heterocycles. The zero-order chi connectivity index (χ0) is 12.9. The molecular weight excluding hydrogens is 240 g/mol. The van der Waals surface area contributed by atoms with Gasteiger partial charge in [-0.3, -0.25) is 9.10 Å². The smallest absolute Gasteiger partial charge is 0.244 e. The number of hydrogen-bond donors (Lipinski definition) is 1. The molecule has 0 radical (unpaired) electrons. The van der Waals surface area contributed by atoms with Crippen molar-refractivity contribution in [1.82, 2.24) is 4.31 Å². The van der Waals surface area contributed by atoms with Crippen LogP contribution in [0.4, 0.5) is 0 Å². The van der Waals surface area contributed by atoms with E-state index < -0.39 is 21.7 Å². The molecule has 6 heteroatoms. The summed E-state index contributed by atoms with van der Waals surface area (Å²) >= 11 is 0. The minimum absolute atomic E-state index is 0.249. The fourth-order valence-corrected chi connectivity index (χ4v) is 2.51. The normalized spacial score (nSPS) is 15.5. The minimum Gasteiger partial charge on any atom is -0.369 e. The van der Waals surface area contributed by atoms with Gasteiger partial charge in [-0.1, -0.05) is 12.2 Å². The van der Waals surface area contributed by atoms with Crippen molar-refractivity contribution in [2.75, 3.05) is 12.3 Å². The first-order valence-electron chi connectivity index (χ1n) is 5.21. The summed E-state index contributed by atoms with van der Waals surface area (Å²) in [7, 11) is -3.62. The van der Waals surface area contributed by atoms with Crippen LogP contribution in [-0.2, 0) is 14.8 Å². The minimum atomic E-state index is -3.62. The van der Waals surface area contributed by atoms with E-state index in [1.54, 1.807) is 6.08 Å². The average molecular weight is 256 g/mol. The molecule has 17 heavy (non-hydrogen) atoms. The van der Waals surface area contributed by atoms with Gasteiger partial charge in [0.25, 0.3) is 0 Å². The highest BCUT2D eigenvalue weighted by Crippen LogP contribution is 2.15. The molecule has 0 aliphatic carbocycles. The van der Waals surface area contributed by atoms with E-state index in [0.717, 1.165) is 22.7 Å². The van der Waals surface area contributed by atoms with E-state index in [9.17, 15) is 13.2 Å². The van der Waals surface area contributed by atoms with E-state index in [4.69, 9.17) is 5.73 Å². The molecule has 0 aromatic carbocycles. The average Bonchev–Trinajstić information content (AvgIpc) is 2.25. The molecule has 1 rings (SSSR count). The predicted octanol–water partition coefficient (Wildman–Crippen LogP) is 0.523. The van der Waals surface area contributed by atoms with Crippen molar-refractivity contribution in [3.63, 3.8) is 0 Å². The maximum absolute atomic E-state index is 11.6. The van der Waals surface area contributed by atoms with Crippen LogP contribution in [0.1, 0.15) is 12.8 Å². The summed E-state index contributed by atoms with van der Waals surface area (Å²) in [6.45, 7) is 3.87. The second-order valence-corrected chi connectivity index (χ2v) is 5.64. The van der Waals surface area contributed by atoms with Crippen LogP contribution >= 0.6 is 0 Å². The van der Waals surface area contributed by atoms with Crippen LogP contribution < -0.4 is 5.73 Å². The number of hydrogen-bond acceptors (Lipinski definition) is 3. The highest BCUT2D eigenvalue weighted by molar-refractivity contribution is 7.89. The topological polar surface area (TPSA) is 80.5 Å². The number of primary amides is 1. The van der Waals surface area contributed by atoms with Crippen LogP contribution in [-0.4, -0.2) is 30.9 Å². The summed E-state index contributed by atoms with van der Waals surface area (Å²) in [4.78, 5) is 10.6. The highest BCUT2D eigenvalue weighted by Gasteiger charge is 2.21. The predicted molar refractivity (Wildman–Crippen MR) is 66.3 cm³/mol. The second kappa shape index (κ2) is 5.67. The lowest BCUT2D eigenvalue weighted by Gasteiger charge is -2.21. The van der Waals surface area contributed by atoms with Gasteiger partial charge in [0.2, 0.25) is 15.9 Å². The largest absolute Gasteiger partial charge is 0.369 e. The Kier molecular flexibility index (Phi) is 4.51. The molecule has 0 aromatic heterocycles. The van der Waals surface area contributed by atoms with Crippen LogP contribution in [0.15, 0.2) is 36.6 Å². The number of allylic oxidation sites excluding steroid dienone is 3. The third-order valence-corrected chi connectivity index (χ3v) is 3.94. The van der Waals surface area contributed by atoms with E-state index >= 15 is 0 Å². The number of carbonyl (C=O) groups is 1. The standard InChI is InChI=1S/C11H16N2O3S/c1-2-3-4-10-5-7-13(8-6-10)17(15,16)9-11(12)14/h2,5-7H,1,3-4,8-9H2,(H2,12,14). The van der Waals surface area contributed by atoms with E-state index in [1.165, 1.54) is 6.20 Å². The van der Waals surface area contributed by atoms with Crippen LogP contribution in [0.2, 0.25) is 0 Å². The van der Waals surface area contributed by atoms with E-state index in [1.807, 2.05) is 12.2 Å².